The average Bonchev–Trinajstić information content (AvgIpc) is 2.37. The summed E-state index contributed by atoms with van der Waals surface area (Å²) in [5.41, 5.74) is 0. The topological polar surface area (TPSA) is 72.8 Å². The van der Waals surface area contributed by atoms with E-state index in [1.54, 1.807) is 0 Å². The molecule has 5 atom stereocenters. The van der Waals surface area contributed by atoms with E-state index in [0.29, 0.717) is 17.8 Å². The summed E-state index contributed by atoms with van der Waals surface area (Å²) in [6.45, 7) is 9.21. The van der Waals surface area contributed by atoms with E-state index in [9.17, 15) is 9.59 Å². The molecule has 0 aromatic rings. The maximum atomic E-state index is 12.1. The van der Waals surface area contributed by atoms with Crippen LogP contribution in [0.15, 0.2) is 0 Å². The molecule has 0 radical (unpaired) electrons. The van der Waals surface area contributed by atoms with E-state index >= 15 is 0 Å². The molecule has 1 saturated carbocycles. The largest absolute Gasteiger partial charge is 0.459 e. The van der Waals surface area contributed by atoms with Crippen molar-refractivity contribution >= 4 is 11.9 Å². The van der Waals surface area contributed by atoms with Gasteiger partial charge in [0, 0.05) is 0 Å². The summed E-state index contributed by atoms with van der Waals surface area (Å²) in [7, 11) is 0. The van der Waals surface area contributed by atoms with Crippen molar-refractivity contribution in [1.82, 2.24) is 0 Å². The van der Waals surface area contributed by atoms with Gasteiger partial charge in [0.05, 0.1) is 0 Å². The molecule has 5 heteroatoms. The molecule has 0 aromatic heterocycles. The van der Waals surface area contributed by atoms with Crippen molar-refractivity contribution in [2.24, 2.45) is 17.8 Å². The fraction of sp³-hybridized carbons (Fsp3) is 0.875. The molecule has 0 amide bonds. The summed E-state index contributed by atoms with van der Waals surface area (Å²) in [5.74, 6) is -0.00539. The van der Waals surface area contributed by atoms with Crippen LogP contribution < -0.4 is 0 Å². The minimum atomic E-state index is -1.24. The molecule has 0 saturated heterocycles. The molecule has 122 valence electrons. The van der Waals surface area contributed by atoms with Crippen LogP contribution in [0.4, 0.5) is 0 Å². The monoisotopic (exact) mass is 300 g/mol. The number of rotatable bonds is 5. The highest BCUT2D eigenvalue weighted by atomic mass is 16.6. The van der Waals surface area contributed by atoms with Gasteiger partial charge in [-0.2, -0.15) is 0 Å². The molecule has 0 heterocycles. The number of aliphatic hydroxyl groups is 1. The Hall–Kier alpha value is -1.10. The number of esters is 2. The molecule has 0 bridgehead atoms. The summed E-state index contributed by atoms with van der Waals surface area (Å²) in [6, 6.07) is 0. The molecule has 0 aliphatic heterocycles. The molecule has 1 N–H and O–H groups in total. The Kier molecular flexibility index (Phi) is 6.65. The SMILES string of the molecule is CC1CC[C@H](C(C)C)C(OC(=O)C(C)OC(=O)C(C)O)C1. The molecule has 5 nitrogen and oxygen atoms in total. The average molecular weight is 300 g/mol. The number of aliphatic hydroxyl groups excluding tert-OH is 1. The molecule has 1 fully saturated rings. The van der Waals surface area contributed by atoms with Gasteiger partial charge in [-0.3, -0.25) is 0 Å². The van der Waals surface area contributed by atoms with E-state index in [0.717, 1.165) is 19.3 Å². The normalized spacial score (nSPS) is 28.8. The van der Waals surface area contributed by atoms with Crippen molar-refractivity contribution in [2.45, 2.75) is 72.2 Å². The van der Waals surface area contributed by atoms with E-state index in [2.05, 4.69) is 20.8 Å². The van der Waals surface area contributed by atoms with Gasteiger partial charge in [-0.05, 0) is 44.4 Å². The van der Waals surface area contributed by atoms with E-state index in [-0.39, 0.29) is 6.10 Å². The summed E-state index contributed by atoms with van der Waals surface area (Å²) >= 11 is 0. The Morgan fingerprint density at radius 1 is 1.10 bits per heavy atom. The number of carbonyl (C=O) groups is 2. The Labute approximate surface area is 127 Å². The van der Waals surface area contributed by atoms with Gasteiger partial charge in [0.25, 0.3) is 0 Å². The van der Waals surface area contributed by atoms with Crippen molar-refractivity contribution in [2.75, 3.05) is 0 Å². The third kappa shape index (κ3) is 5.30. The number of hydrogen-bond acceptors (Lipinski definition) is 5. The zero-order valence-corrected chi connectivity index (χ0v) is 13.7. The molecular weight excluding hydrogens is 272 g/mol. The van der Waals surface area contributed by atoms with Crippen LogP contribution in [-0.2, 0) is 19.1 Å². The fourth-order valence-corrected chi connectivity index (χ4v) is 2.82. The van der Waals surface area contributed by atoms with E-state index < -0.39 is 24.1 Å². The molecule has 0 spiro atoms. The first kappa shape index (κ1) is 18.0. The van der Waals surface area contributed by atoms with Gasteiger partial charge in [-0.25, -0.2) is 9.59 Å². The van der Waals surface area contributed by atoms with Crippen molar-refractivity contribution in [3.05, 3.63) is 0 Å². The summed E-state index contributed by atoms with van der Waals surface area (Å²) in [5, 5.41) is 9.10. The van der Waals surface area contributed by atoms with Crippen LogP contribution in [0.1, 0.15) is 53.9 Å². The van der Waals surface area contributed by atoms with Crippen molar-refractivity contribution in [3.8, 4) is 0 Å². The number of carbonyl (C=O) groups excluding carboxylic acids is 2. The van der Waals surface area contributed by atoms with Crippen LogP contribution >= 0.6 is 0 Å². The predicted molar refractivity (Wildman–Crippen MR) is 78.5 cm³/mol. The van der Waals surface area contributed by atoms with Gasteiger partial charge < -0.3 is 14.6 Å². The van der Waals surface area contributed by atoms with E-state index in [4.69, 9.17) is 14.6 Å². The summed E-state index contributed by atoms with van der Waals surface area (Å²) in [4.78, 5) is 23.4. The van der Waals surface area contributed by atoms with Gasteiger partial charge >= 0.3 is 11.9 Å². The van der Waals surface area contributed by atoms with Gasteiger partial charge in [-0.1, -0.05) is 27.2 Å². The second-order valence-corrected chi connectivity index (χ2v) is 6.56. The maximum Gasteiger partial charge on any atom is 0.347 e. The molecule has 0 aromatic carbocycles. The molecule has 4 unspecified atom stereocenters. The molecule has 1 aliphatic rings. The zero-order chi connectivity index (χ0) is 16.2. The first-order valence-corrected chi connectivity index (χ1v) is 7.81. The third-order valence-corrected chi connectivity index (χ3v) is 4.19. The highest BCUT2D eigenvalue weighted by Crippen LogP contribution is 2.35. The van der Waals surface area contributed by atoms with Gasteiger partial charge in [0.15, 0.2) is 6.10 Å². The van der Waals surface area contributed by atoms with Crippen LogP contribution in [0, 0.1) is 17.8 Å². The van der Waals surface area contributed by atoms with Gasteiger partial charge in [0.1, 0.15) is 12.2 Å². The highest BCUT2D eigenvalue weighted by molar-refractivity contribution is 5.80. The van der Waals surface area contributed by atoms with E-state index in [1.807, 2.05) is 0 Å². The van der Waals surface area contributed by atoms with Crippen molar-refractivity contribution in [1.29, 1.82) is 0 Å². The van der Waals surface area contributed by atoms with Crippen molar-refractivity contribution < 1.29 is 24.2 Å². The van der Waals surface area contributed by atoms with E-state index in [1.165, 1.54) is 13.8 Å². The summed E-state index contributed by atoms with van der Waals surface area (Å²) in [6.07, 6.45) is 0.720. The van der Waals surface area contributed by atoms with Gasteiger partial charge in [0.2, 0.25) is 0 Å². The molecule has 1 aliphatic carbocycles. The second-order valence-electron chi connectivity index (χ2n) is 6.56. The van der Waals surface area contributed by atoms with Gasteiger partial charge in [-0.15, -0.1) is 0 Å². The lowest BCUT2D eigenvalue weighted by molar-refractivity contribution is -0.178. The Morgan fingerprint density at radius 3 is 2.24 bits per heavy atom. The highest BCUT2D eigenvalue weighted by Gasteiger charge is 2.35. The first-order valence-electron chi connectivity index (χ1n) is 7.81. The first-order chi connectivity index (χ1) is 9.72. The van der Waals surface area contributed by atoms with Crippen LogP contribution in [0.2, 0.25) is 0 Å². The smallest absolute Gasteiger partial charge is 0.347 e. The second kappa shape index (κ2) is 7.78. The maximum absolute atomic E-state index is 12.1. The minimum Gasteiger partial charge on any atom is -0.459 e. The lowest BCUT2D eigenvalue weighted by Crippen LogP contribution is -2.39. The Balaban J connectivity index is 2.59. The molecule has 1 rings (SSSR count). The lowest BCUT2D eigenvalue weighted by atomic mass is 9.75. The predicted octanol–water partition coefficient (Wildman–Crippen LogP) is 2.30. The summed E-state index contributed by atoms with van der Waals surface area (Å²) < 4.78 is 10.5. The third-order valence-electron chi connectivity index (χ3n) is 4.19. The van der Waals surface area contributed by atoms with Crippen LogP contribution in [-0.4, -0.2) is 35.4 Å². The minimum absolute atomic E-state index is 0.117. The Bertz CT molecular complexity index is 364. The van der Waals surface area contributed by atoms with Crippen molar-refractivity contribution in [3.63, 3.8) is 0 Å². The van der Waals surface area contributed by atoms with Crippen LogP contribution in [0.25, 0.3) is 0 Å². The quantitative estimate of drug-likeness (QED) is 0.789. The lowest BCUT2D eigenvalue weighted by Gasteiger charge is -2.37. The molecular formula is C16H28O5. The fourth-order valence-electron chi connectivity index (χ4n) is 2.82. The van der Waals surface area contributed by atoms with Crippen LogP contribution in [0.5, 0.6) is 0 Å². The van der Waals surface area contributed by atoms with Crippen LogP contribution in [0.3, 0.4) is 0 Å². The standard InChI is InChI=1S/C16H28O5/c1-9(2)13-7-6-10(3)8-14(13)21-16(19)12(5)20-15(18)11(4)17/h9-14,17H,6-8H2,1-5H3/t10?,11?,12?,13-,14?/m1/s1. The molecule has 21 heavy (non-hydrogen) atoms. The Morgan fingerprint density at radius 2 is 1.71 bits per heavy atom. The number of hydrogen-bond donors (Lipinski definition) is 1. The zero-order valence-electron chi connectivity index (χ0n) is 13.7. The number of ether oxygens (including phenoxy) is 2.